The zero-order valence-corrected chi connectivity index (χ0v) is 11.3. The summed E-state index contributed by atoms with van der Waals surface area (Å²) in [6.45, 7) is 3.56. The number of carbonyl (C=O) groups excluding carboxylic acids is 1. The van der Waals surface area contributed by atoms with E-state index in [4.69, 9.17) is 9.47 Å². The lowest BCUT2D eigenvalue weighted by Gasteiger charge is -2.14. The maximum Gasteiger partial charge on any atom is 0.310 e. The Bertz CT molecular complexity index is 474. The molecule has 1 N–H and O–H groups in total. The van der Waals surface area contributed by atoms with E-state index in [9.17, 15) is 20.0 Å². The van der Waals surface area contributed by atoms with Crippen LogP contribution in [-0.4, -0.2) is 41.7 Å². The van der Waals surface area contributed by atoms with Crippen molar-refractivity contribution in [1.29, 1.82) is 0 Å². The lowest BCUT2D eigenvalue weighted by atomic mass is 10.2. The third kappa shape index (κ3) is 4.94. The van der Waals surface area contributed by atoms with Gasteiger partial charge in [0, 0.05) is 11.6 Å². The molecular weight excluding hydrogens is 266 g/mol. The molecule has 0 aliphatic heterocycles. The van der Waals surface area contributed by atoms with Crippen LogP contribution >= 0.6 is 0 Å². The van der Waals surface area contributed by atoms with Gasteiger partial charge in [-0.2, -0.15) is 0 Å². The first-order chi connectivity index (χ1) is 9.43. The highest BCUT2D eigenvalue weighted by Crippen LogP contribution is 2.27. The van der Waals surface area contributed by atoms with Crippen molar-refractivity contribution in [3.8, 4) is 5.75 Å². The molecule has 7 heteroatoms. The first-order valence-corrected chi connectivity index (χ1v) is 6.10. The maximum absolute atomic E-state index is 10.8. The van der Waals surface area contributed by atoms with Gasteiger partial charge in [-0.3, -0.25) is 14.9 Å². The zero-order chi connectivity index (χ0) is 15.1. The highest BCUT2D eigenvalue weighted by Gasteiger charge is 2.17. The van der Waals surface area contributed by atoms with E-state index in [-0.39, 0.29) is 36.3 Å². The van der Waals surface area contributed by atoms with Crippen LogP contribution in [0.15, 0.2) is 18.2 Å². The van der Waals surface area contributed by atoms with Crippen LogP contribution in [0.5, 0.6) is 5.75 Å². The van der Waals surface area contributed by atoms with Gasteiger partial charge in [-0.05, 0) is 26.0 Å². The minimum absolute atomic E-state index is 0.0302. The fraction of sp³-hybridized carbons (Fsp3) is 0.462. The summed E-state index contributed by atoms with van der Waals surface area (Å²) in [4.78, 5) is 20.9. The standard InChI is InChI=1S/C13H17NO6/c1-9(2)19-7-11(16)8-20-13-5-10(6-15)3-4-12(13)14(17)18/h3-6,9,11,16H,7-8H2,1-2H3. The molecule has 0 bridgehead atoms. The number of rotatable bonds is 8. The highest BCUT2D eigenvalue weighted by atomic mass is 16.6. The van der Waals surface area contributed by atoms with Crippen LogP contribution in [0.3, 0.4) is 0 Å². The van der Waals surface area contributed by atoms with Gasteiger partial charge in [0.15, 0.2) is 5.75 Å². The molecule has 0 heterocycles. The quantitative estimate of drug-likeness (QED) is 0.441. The summed E-state index contributed by atoms with van der Waals surface area (Å²) < 4.78 is 10.4. The maximum atomic E-state index is 10.8. The number of nitro benzene ring substituents is 1. The molecule has 0 radical (unpaired) electrons. The summed E-state index contributed by atoms with van der Waals surface area (Å²) >= 11 is 0. The van der Waals surface area contributed by atoms with Gasteiger partial charge in [-0.15, -0.1) is 0 Å². The minimum atomic E-state index is -0.906. The first-order valence-electron chi connectivity index (χ1n) is 6.10. The Morgan fingerprint density at radius 2 is 2.10 bits per heavy atom. The fourth-order valence-electron chi connectivity index (χ4n) is 1.41. The van der Waals surface area contributed by atoms with Gasteiger partial charge >= 0.3 is 5.69 Å². The monoisotopic (exact) mass is 283 g/mol. The molecule has 0 aliphatic rings. The molecule has 0 saturated carbocycles. The molecule has 0 aliphatic carbocycles. The number of nitro groups is 1. The van der Waals surface area contributed by atoms with Crippen molar-refractivity contribution >= 4 is 12.0 Å². The number of nitrogens with zero attached hydrogens (tertiary/aromatic N) is 1. The molecule has 0 fully saturated rings. The number of aliphatic hydroxyl groups excluding tert-OH is 1. The fourth-order valence-corrected chi connectivity index (χ4v) is 1.41. The number of hydrogen-bond donors (Lipinski definition) is 1. The van der Waals surface area contributed by atoms with Crippen molar-refractivity contribution in [3.63, 3.8) is 0 Å². The van der Waals surface area contributed by atoms with E-state index < -0.39 is 11.0 Å². The molecule has 0 spiro atoms. The third-order valence-corrected chi connectivity index (χ3v) is 2.37. The van der Waals surface area contributed by atoms with Gasteiger partial charge in [0.2, 0.25) is 0 Å². The van der Waals surface area contributed by atoms with E-state index >= 15 is 0 Å². The number of carbonyl (C=O) groups is 1. The highest BCUT2D eigenvalue weighted by molar-refractivity contribution is 5.76. The average molecular weight is 283 g/mol. The molecule has 1 aromatic carbocycles. The SMILES string of the molecule is CC(C)OCC(O)COc1cc(C=O)ccc1[N+](=O)[O-]. The van der Waals surface area contributed by atoms with E-state index in [1.54, 1.807) is 0 Å². The Kier molecular flexibility index (Phi) is 6.08. The van der Waals surface area contributed by atoms with Gasteiger partial charge in [0.25, 0.3) is 0 Å². The average Bonchev–Trinajstić information content (AvgIpc) is 2.42. The Balaban J connectivity index is 2.70. The van der Waals surface area contributed by atoms with Crippen molar-refractivity contribution in [2.75, 3.05) is 13.2 Å². The van der Waals surface area contributed by atoms with Gasteiger partial charge in [-0.1, -0.05) is 0 Å². The molecule has 1 rings (SSSR count). The third-order valence-electron chi connectivity index (χ3n) is 2.37. The summed E-state index contributed by atoms with van der Waals surface area (Å²) in [5.74, 6) is -0.0526. The zero-order valence-electron chi connectivity index (χ0n) is 11.3. The molecule has 110 valence electrons. The van der Waals surface area contributed by atoms with E-state index in [0.29, 0.717) is 6.29 Å². The molecule has 20 heavy (non-hydrogen) atoms. The predicted octanol–water partition coefficient (Wildman–Crippen LogP) is 1.57. The van der Waals surface area contributed by atoms with Crippen LogP contribution in [0.25, 0.3) is 0 Å². The van der Waals surface area contributed by atoms with Crippen molar-refractivity contribution in [2.45, 2.75) is 26.1 Å². The number of benzene rings is 1. The Morgan fingerprint density at radius 1 is 1.40 bits per heavy atom. The van der Waals surface area contributed by atoms with Crippen LogP contribution in [-0.2, 0) is 4.74 Å². The van der Waals surface area contributed by atoms with Crippen molar-refractivity contribution < 1.29 is 24.3 Å². The summed E-state index contributed by atoms with van der Waals surface area (Å²) in [6, 6.07) is 3.79. The molecular formula is C13H17NO6. The van der Waals surface area contributed by atoms with Crippen molar-refractivity contribution in [3.05, 3.63) is 33.9 Å². The normalized spacial score (nSPS) is 12.2. The van der Waals surface area contributed by atoms with Gasteiger partial charge < -0.3 is 14.6 Å². The summed E-state index contributed by atoms with van der Waals surface area (Å²) in [5.41, 5.74) is 0.00565. The van der Waals surface area contributed by atoms with Gasteiger partial charge in [-0.25, -0.2) is 0 Å². The second kappa shape index (κ2) is 7.56. The smallest absolute Gasteiger partial charge is 0.310 e. The van der Waals surface area contributed by atoms with E-state index in [1.165, 1.54) is 18.2 Å². The van der Waals surface area contributed by atoms with E-state index in [1.807, 2.05) is 13.8 Å². The Morgan fingerprint density at radius 3 is 2.65 bits per heavy atom. The predicted molar refractivity (Wildman–Crippen MR) is 71.1 cm³/mol. The van der Waals surface area contributed by atoms with Crippen LogP contribution in [0.4, 0.5) is 5.69 Å². The number of aldehydes is 1. The van der Waals surface area contributed by atoms with Crippen LogP contribution in [0.1, 0.15) is 24.2 Å². The van der Waals surface area contributed by atoms with E-state index in [0.717, 1.165) is 0 Å². The summed E-state index contributed by atoms with van der Waals surface area (Å²) in [5, 5.41) is 20.5. The van der Waals surface area contributed by atoms with Crippen LogP contribution in [0, 0.1) is 10.1 Å². The molecule has 0 saturated heterocycles. The number of hydrogen-bond acceptors (Lipinski definition) is 6. The van der Waals surface area contributed by atoms with E-state index in [2.05, 4.69) is 0 Å². The summed E-state index contributed by atoms with van der Waals surface area (Å²) in [6.07, 6.45) is -0.371. The number of ether oxygens (including phenoxy) is 2. The molecule has 1 unspecified atom stereocenters. The topological polar surface area (TPSA) is 98.9 Å². The largest absolute Gasteiger partial charge is 0.484 e. The lowest BCUT2D eigenvalue weighted by Crippen LogP contribution is -2.25. The minimum Gasteiger partial charge on any atom is -0.484 e. The molecule has 1 atom stereocenters. The number of aliphatic hydroxyl groups is 1. The molecule has 1 aromatic rings. The molecule has 0 amide bonds. The first kappa shape index (κ1) is 16.1. The molecule has 0 aromatic heterocycles. The second-order valence-electron chi connectivity index (χ2n) is 4.45. The van der Waals surface area contributed by atoms with Crippen molar-refractivity contribution in [2.24, 2.45) is 0 Å². The van der Waals surface area contributed by atoms with Crippen LogP contribution < -0.4 is 4.74 Å². The Labute approximate surface area is 116 Å². The summed E-state index contributed by atoms with van der Waals surface area (Å²) in [7, 11) is 0. The van der Waals surface area contributed by atoms with Crippen LogP contribution in [0.2, 0.25) is 0 Å². The van der Waals surface area contributed by atoms with Crippen molar-refractivity contribution in [1.82, 2.24) is 0 Å². The Hall–Kier alpha value is -1.99. The lowest BCUT2D eigenvalue weighted by molar-refractivity contribution is -0.385. The molecule has 7 nitrogen and oxygen atoms in total. The second-order valence-corrected chi connectivity index (χ2v) is 4.45. The van der Waals surface area contributed by atoms with Gasteiger partial charge in [0.1, 0.15) is 19.0 Å². The van der Waals surface area contributed by atoms with Gasteiger partial charge in [0.05, 0.1) is 17.6 Å².